The van der Waals surface area contributed by atoms with Gasteiger partial charge in [0.15, 0.2) is 9.43 Å². The van der Waals surface area contributed by atoms with E-state index in [0.29, 0.717) is 17.5 Å². The third-order valence-corrected chi connectivity index (χ3v) is 5.95. The number of nitrogens with one attached hydrogen (secondary N) is 1. The van der Waals surface area contributed by atoms with Crippen LogP contribution in [0.1, 0.15) is 23.0 Å². The van der Waals surface area contributed by atoms with Gasteiger partial charge in [-0.2, -0.15) is 5.10 Å². The van der Waals surface area contributed by atoms with Crippen molar-refractivity contribution >= 4 is 45.4 Å². The van der Waals surface area contributed by atoms with Crippen LogP contribution in [0.15, 0.2) is 73.5 Å². The van der Waals surface area contributed by atoms with Crippen molar-refractivity contribution in [3.8, 4) is 11.5 Å². The van der Waals surface area contributed by atoms with Crippen LogP contribution in [0.3, 0.4) is 0 Å². The maximum Gasteiger partial charge on any atom is 0.275 e. The first kappa shape index (κ1) is 20.0. The Morgan fingerprint density at radius 2 is 2.17 bits per heavy atom. The summed E-state index contributed by atoms with van der Waals surface area (Å²) in [4.78, 5) is 16.6. The fourth-order valence-corrected chi connectivity index (χ4v) is 4.61. The van der Waals surface area contributed by atoms with Gasteiger partial charge in [0, 0.05) is 0 Å². The minimum atomic E-state index is -0.508. The first-order chi connectivity index (χ1) is 14.6. The van der Waals surface area contributed by atoms with Crippen LogP contribution in [-0.2, 0) is 0 Å². The van der Waals surface area contributed by atoms with Crippen molar-refractivity contribution in [2.75, 3.05) is 6.61 Å². The van der Waals surface area contributed by atoms with E-state index >= 15 is 0 Å². The Bertz CT molecular complexity index is 1220. The Labute approximate surface area is 180 Å². The lowest BCUT2D eigenvalue weighted by Crippen LogP contribution is -2.17. The number of hydrogen-bond acceptors (Lipinski definition) is 8. The number of benzene rings is 2. The van der Waals surface area contributed by atoms with Gasteiger partial charge < -0.3 is 14.3 Å². The number of aromatic hydroxyl groups is 1. The second-order valence-electron chi connectivity index (χ2n) is 6.02. The first-order valence-corrected chi connectivity index (χ1v) is 10.7. The van der Waals surface area contributed by atoms with E-state index in [1.54, 1.807) is 29.5 Å². The Hall–Kier alpha value is -3.30. The van der Waals surface area contributed by atoms with Gasteiger partial charge in [-0.1, -0.05) is 12.1 Å². The number of phenolic OH excluding ortho intramolecular Hbond substituents is 1. The molecule has 2 aromatic heterocycles. The van der Waals surface area contributed by atoms with Crippen LogP contribution in [0.25, 0.3) is 10.2 Å². The van der Waals surface area contributed by atoms with Crippen LogP contribution in [0.5, 0.6) is 11.5 Å². The van der Waals surface area contributed by atoms with E-state index in [9.17, 15) is 9.90 Å². The number of phenols is 1. The van der Waals surface area contributed by atoms with Gasteiger partial charge >= 0.3 is 0 Å². The van der Waals surface area contributed by atoms with Gasteiger partial charge in [-0.05, 0) is 61.2 Å². The number of hydrogen-bond donors (Lipinski definition) is 2. The molecule has 0 bridgehead atoms. The monoisotopic (exact) mass is 439 g/mol. The van der Waals surface area contributed by atoms with E-state index in [0.717, 1.165) is 20.3 Å². The van der Waals surface area contributed by atoms with Crippen LogP contribution >= 0.6 is 23.1 Å². The molecule has 152 valence electrons. The molecule has 9 heteroatoms. The summed E-state index contributed by atoms with van der Waals surface area (Å²) in [5, 5.41) is 14.2. The zero-order chi connectivity index (χ0) is 20.9. The van der Waals surface area contributed by atoms with E-state index in [4.69, 9.17) is 9.15 Å². The predicted octanol–water partition coefficient (Wildman–Crippen LogP) is 4.91. The number of aromatic nitrogens is 1. The molecule has 2 N–H and O–H groups in total. The molecule has 4 aromatic rings. The summed E-state index contributed by atoms with van der Waals surface area (Å²) in [7, 11) is 0. The minimum Gasteiger partial charge on any atom is -0.507 e. The lowest BCUT2D eigenvalue weighted by Gasteiger charge is -2.01. The molecule has 0 aliphatic carbocycles. The van der Waals surface area contributed by atoms with Crippen LogP contribution in [0.4, 0.5) is 0 Å². The summed E-state index contributed by atoms with van der Waals surface area (Å²) in [6, 6.07) is 15.6. The van der Waals surface area contributed by atoms with Gasteiger partial charge in [0.1, 0.15) is 17.3 Å². The molecule has 30 heavy (non-hydrogen) atoms. The number of fused-ring (bicyclic) bond motifs is 1. The molecule has 0 saturated heterocycles. The predicted molar refractivity (Wildman–Crippen MR) is 117 cm³/mol. The zero-order valence-electron chi connectivity index (χ0n) is 15.9. The van der Waals surface area contributed by atoms with Crippen LogP contribution < -0.4 is 10.2 Å². The summed E-state index contributed by atoms with van der Waals surface area (Å²) < 4.78 is 13.1. The summed E-state index contributed by atoms with van der Waals surface area (Å²) in [5.41, 5.74) is 3.42. The maximum absolute atomic E-state index is 12.0. The van der Waals surface area contributed by atoms with Crippen molar-refractivity contribution < 1.29 is 19.1 Å². The fourth-order valence-electron chi connectivity index (χ4n) is 2.61. The molecule has 0 spiro atoms. The molecule has 0 saturated carbocycles. The number of ether oxygens (including phenoxy) is 1. The number of rotatable bonds is 7. The molecule has 7 nitrogen and oxygen atoms in total. The van der Waals surface area contributed by atoms with Crippen molar-refractivity contribution in [1.82, 2.24) is 10.4 Å². The van der Waals surface area contributed by atoms with Gasteiger partial charge in [-0.25, -0.2) is 10.4 Å². The Morgan fingerprint density at radius 1 is 1.30 bits per heavy atom. The molecule has 2 heterocycles. The van der Waals surface area contributed by atoms with Gasteiger partial charge in [0.05, 0.1) is 28.6 Å². The third-order valence-electron chi connectivity index (χ3n) is 3.95. The molecule has 0 unspecified atom stereocenters. The van der Waals surface area contributed by atoms with Gasteiger partial charge in [0.25, 0.3) is 5.91 Å². The lowest BCUT2D eigenvalue weighted by molar-refractivity contribution is 0.0952. The molecule has 0 aliphatic heterocycles. The quantitative estimate of drug-likeness (QED) is 0.314. The molecule has 1 amide bonds. The normalized spacial score (nSPS) is 11.2. The number of hydrazone groups is 1. The summed E-state index contributed by atoms with van der Waals surface area (Å²) in [5.74, 6) is 0.694. The van der Waals surface area contributed by atoms with E-state index in [1.807, 2.05) is 31.2 Å². The molecular weight excluding hydrogens is 422 g/mol. The van der Waals surface area contributed by atoms with E-state index in [2.05, 4.69) is 15.5 Å². The largest absolute Gasteiger partial charge is 0.507 e. The van der Waals surface area contributed by atoms with Crippen molar-refractivity contribution in [3.05, 3.63) is 65.9 Å². The minimum absolute atomic E-state index is 0.105. The van der Waals surface area contributed by atoms with E-state index in [-0.39, 0.29) is 11.3 Å². The van der Waals surface area contributed by atoms with E-state index in [1.165, 1.54) is 30.1 Å². The van der Waals surface area contributed by atoms with Crippen molar-refractivity contribution in [2.45, 2.75) is 16.4 Å². The molecule has 0 aliphatic rings. The summed E-state index contributed by atoms with van der Waals surface area (Å²) in [6.07, 6.45) is 1.40. The lowest BCUT2D eigenvalue weighted by atomic mass is 10.2. The highest BCUT2D eigenvalue weighted by molar-refractivity contribution is 8.01. The molecule has 4 rings (SSSR count). The highest BCUT2D eigenvalue weighted by Crippen LogP contribution is 2.36. The second kappa shape index (κ2) is 9.02. The molecule has 0 radical (unpaired) electrons. The number of carbonyl (C=O) groups is 1. The molecule has 0 fully saturated rings. The number of carbonyl (C=O) groups excluding carboxylic acids is 1. The number of amides is 1. The molecule has 0 atom stereocenters. The SMILES string of the molecule is CCOc1ccc2nc(Sc3ccc(/C=N\NC(=O)c4ccccc4O)o3)sc2c1. The summed E-state index contributed by atoms with van der Waals surface area (Å²) >= 11 is 2.97. The number of furan rings is 1. The molecular formula is C21H17N3O4S2. The van der Waals surface area contributed by atoms with Crippen LogP contribution in [-0.4, -0.2) is 28.8 Å². The standard InChI is InChI=1S/C21H17N3O4S2/c1-2-27-13-7-9-16-18(11-13)29-21(23-16)30-19-10-8-14(28-19)12-22-24-20(26)15-5-3-4-6-17(15)25/h3-12,25H,2H2,1H3,(H,24,26)/b22-12-. The highest BCUT2D eigenvalue weighted by atomic mass is 32.2. The van der Waals surface area contributed by atoms with E-state index < -0.39 is 5.91 Å². The summed E-state index contributed by atoms with van der Waals surface area (Å²) in [6.45, 7) is 2.57. The van der Waals surface area contributed by atoms with Crippen LogP contribution in [0.2, 0.25) is 0 Å². The highest BCUT2D eigenvalue weighted by Gasteiger charge is 2.11. The Kier molecular flexibility index (Phi) is 6.01. The second-order valence-corrected chi connectivity index (χ2v) is 8.30. The van der Waals surface area contributed by atoms with Gasteiger partial charge in [-0.3, -0.25) is 4.79 Å². The van der Waals surface area contributed by atoms with Crippen molar-refractivity contribution in [2.24, 2.45) is 5.10 Å². The average Bonchev–Trinajstić information content (AvgIpc) is 3.34. The topological polar surface area (TPSA) is 97.0 Å². The first-order valence-electron chi connectivity index (χ1n) is 9.05. The smallest absolute Gasteiger partial charge is 0.275 e. The van der Waals surface area contributed by atoms with Crippen LogP contribution in [0, 0.1) is 0 Å². The Morgan fingerprint density at radius 3 is 3.00 bits per heavy atom. The zero-order valence-corrected chi connectivity index (χ0v) is 17.5. The van der Waals surface area contributed by atoms with Crippen molar-refractivity contribution in [1.29, 1.82) is 0 Å². The fraction of sp³-hybridized carbons (Fsp3) is 0.0952. The molecule has 2 aromatic carbocycles. The third kappa shape index (κ3) is 4.64. The Balaban J connectivity index is 1.39. The number of nitrogens with zero attached hydrogens (tertiary/aromatic N) is 2. The number of para-hydroxylation sites is 1. The van der Waals surface area contributed by atoms with Gasteiger partial charge in [0.2, 0.25) is 0 Å². The average molecular weight is 440 g/mol. The van der Waals surface area contributed by atoms with Gasteiger partial charge in [-0.15, -0.1) is 11.3 Å². The number of thiazole rings is 1. The maximum atomic E-state index is 12.0. The van der Waals surface area contributed by atoms with Crippen molar-refractivity contribution in [3.63, 3.8) is 0 Å².